The summed E-state index contributed by atoms with van der Waals surface area (Å²) < 4.78 is 27.0. The van der Waals surface area contributed by atoms with Crippen LogP contribution in [0.1, 0.15) is 21.5 Å². The van der Waals surface area contributed by atoms with Crippen LogP contribution in [0.2, 0.25) is 0 Å². The first-order valence-electron chi connectivity index (χ1n) is 9.53. The predicted octanol–water partition coefficient (Wildman–Crippen LogP) is 4.63. The Bertz CT molecular complexity index is 1330. The van der Waals surface area contributed by atoms with E-state index in [0.717, 1.165) is 11.6 Å². The third-order valence-electron chi connectivity index (χ3n) is 4.92. The zero-order chi connectivity index (χ0) is 22.8. The number of nitrogens with one attached hydrogen (secondary N) is 3. The standard InChI is InChI=1S/C22H17F2N5O3/c1-25-16-3-4-17(20(11-16)29(31)32)22(30)26-21-18-9-12(2-5-19(18)27-28-21)6-13-7-14(23)10-15(24)8-13/h2-5,7-11,25H,6H2,1H3,(H2,26,27,28,30). The van der Waals surface area contributed by atoms with E-state index in [0.29, 0.717) is 22.2 Å². The highest BCUT2D eigenvalue weighted by molar-refractivity contribution is 6.10. The second-order valence-corrected chi connectivity index (χ2v) is 7.10. The Balaban J connectivity index is 1.63. The molecule has 0 saturated carbocycles. The number of carbonyl (C=O) groups is 1. The first-order valence-corrected chi connectivity index (χ1v) is 9.53. The molecule has 0 bridgehead atoms. The highest BCUT2D eigenvalue weighted by atomic mass is 19.1. The van der Waals surface area contributed by atoms with Gasteiger partial charge in [0.05, 0.1) is 10.4 Å². The van der Waals surface area contributed by atoms with Crippen molar-refractivity contribution in [3.63, 3.8) is 0 Å². The van der Waals surface area contributed by atoms with E-state index in [1.54, 1.807) is 31.3 Å². The fraction of sp³-hybridized carbons (Fsp3) is 0.0909. The van der Waals surface area contributed by atoms with E-state index in [4.69, 9.17) is 0 Å². The number of nitro groups is 1. The summed E-state index contributed by atoms with van der Waals surface area (Å²) in [5, 5.41) is 24.2. The van der Waals surface area contributed by atoms with Crippen LogP contribution in [-0.4, -0.2) is 28.1 Å². The number of anilines is 2. The van der Waals surface area contributed by atoms with Gasteiger partial charge in [-0.1, -0.05) is 6.07 Å². The van der Waals surface area contributed by atoms with E-state index >= 15 is 0 Å². The molecule has 0 spiro atoms. The van der Waals surface area contributed by atoms with Crippen molar-refractivity contribution < 1.29 is 18.5 Å². The second kappa shape index (κ2) is 8.42. The maximum Gasteiger partial charge on any atom is 0.284 e. The summed E-state index contributed by atoms with van der Waals surface area (Å²) in [6.07, 6.45) is 0.264. The van der Waals surface area contributed by atoms with Crippen LogP contribution in [0.15, 0.2) is 54.6 Å². The van der Waals surface area contributed by atoms with Crippen molar-refractivity contribution >= 4 is 34.0 Å². The molecule has 0 saturated heterocycles. The van der Waals surface area contributed by atoms with E-state index in [1.165, 1.54) is 24.3 Å². The minimum absolute atomic E-state index is 0.114. The second-order valence-electron chi connectivity index (χ2n) is 7.10. The summed E-state index contributed by atoms with van der Waals surface area (Å²) in [6, 6.07) is 12.7. The third kappa shape index (κ3) is 4.24. The number of fused-ring (bicyclic) bond motifs is 1. The lowest BCUT2D eigenvalue weighted by Crippen LogP contribution is -2.14. The summed E-state index contributed by atoms with van der Waals surface area (Å²) >= 11 is 0. The molecule has 3 aromatic carbocycles. The van der Waals surface area contributed by atoms with Gasteiger partial charge in [0, 0.05) is 30.3 Å². The van der Waals surface area contributed by atoms with Gasteiger partial charge in [-0.05, 0) is 53.9 Å². The van der Waals surface area contributed by atoms with E-state index in [-0.39, 0.29) is 23.5 Å². The van der Waals surface area contributed by atoms with Crippen LogP contribution in [0.3, 0.4) is 0 Å². The monoisotopic (exact) mass is 437 g/mol. The van der Waals surface area contributed by atoms with Crippen LogP contribution in [0, 0.1) is 21.7 Å². The number of aromatic amines is 1. The van der Waals surface area contributed by atoms with Crippen molar-refractivity contribution in [3.8, 4) is 0 Å². The molecule has 0 radical (unpaired) electrons. The molecular formula is C22H17F2N5O3. The van der Waals surface area contributed by atoms with E-state index < -0.39 is 22.5 Å². The molecule has 3 N–H and O–H groups in total. The van der Waals surface area contributed by atoms with Crippen LogP contribution in [-0.2, 0) is 6.42 Å². The number of nitro benzene ring substituents is 1. The van der Waals surface area contributed by atoms with Gasteiger partial charge >= 0.3 is 0 Å². The lowest BCUT2D eigenvalue weighted by atomic mass is 10.0. The SMILES string of the molecule is CNc1ccc(C(=O)Nc2n[nH]c3ccc(Cc4cc(F)cc(F)c4)cc23)c([N+](=O)[O-])c1. The largest absolute Gasteiger partial charge is 0.388 e. The predicted molar refractivity (Wildman–Crippen MR) is 116 cm³/mol. The number of halogens is 2. The smallest absolute Gasteiger partial charge is 0.284 e. The molecule has 10 heteroatoms. The molecule has 0 aliphatic carbocycles. The number of hydrogen-bond donors (Lipinski definition) is 3. The molecule has 0 unspecified atom stereocenters. The number of aromatic nitrogens is 2. The van der Waals surface area contributed by atoms with Gasteiger partial charge < -0.3 is 10.6 Å². The van der Waals surface area contributed by atoms with Crippen molar-refractivity contribution in [2.24, 2.45) is 0 Å². The van der Waals surface area contributed by atoms with Crippen molar-refractivity contribution in [3.05, 3.63) is 93.0 Å². The number of H-pyrrole nitrogens is 1. The average molecular weight is 437 g/mol. The molecule has 0 aliphatic rings. The molecule has 1 amide bonds. The minimum Gasteiger partial charge on any atom is -0.388 e. The molecule has 1 aromatic heterocycles. The Morgan fingerprint density at radius 1 is 1.06 bits per heavy atom. The van der Waals surface area contributed by atoms with E-state index in [1.807, 2.05) is 0 Å². The van der Waals surface area contributed by atoms with Gasteiger partial charge in [-0.15, -0.1) is 0 Å². The molecule has 4 aromatic rings. The Morgan fingerprint density at radius 3 is 2.50 bits per heavy atom. The molecule has 8 nitrogen and oxygen atoms in total. The Kier molecular flexibility index (Phi) is 5.50. The Morgan fingerprint density at radius 2 is 1.81 bits per heavy atom. The van der Waals surface area contributed by atoms with Gasteiger partial charge in [0.2, 0.25) is 0 Å². The summed E-state index contributed by atoms with van der Waals surface area (Å²) in [5.41, 5.74) is 1.85. The summed E-state index contributed by atoms with van der Waals surface area (Å²) in [6.45, 7) is 0. The molecule has 162 valence electrons. The van der Waals surface area contributed by atoms with Gasteiger partial charge in [-0.25, -0.2) is 8.78 Å². The number of benzene rings is 3. The molecule has 1 heterocycles. The van der Waals surface area contributed by atoms with Gasteiger partial charge in [0.25, 0.3) is 11.6 Å². The molecular weight excluding hydrogens is 420 g/mol. The summed E-state index contributed by atoms with van der Waals surface area (Å²) in [5.74, 6) is -1.83. The van der Waals surface area contributed by atoms with Crippen molar-refractivity contribution in [1.82, 2.24) is 10.2 Å². The van der Waals surface area contributed by atoms with Gasteiger partial charge in [-0.2, -0.15) is 5.10 Å². The summed E-state index contributed by atoms with van der Waals surface area (Å²) in [7, 11) is 1.62. The topological polar surface area (TPSA) is 113 Å². The van der Waals surface area contributed by atoms with Crippen LogP contribution in [0.25, 0.3) is 10.9 Å². The number of hydrogen-bond acceptors (Lipinski definition) is 5. The molecule has 0 aliphatic heterocycles. The van der Waals surface area contributed by atoms with E-state index in [2.05, 4.69) is 20.8 Å². The van der Waals surface area contributed by atoms with Gasteiger partial charge in [0.15, 0.2) is 5.82 Å². The van der Waals surface area contributed by atoms with Crippen LogP contribution < -0.4 is 10.6 Å². The quantitative estimate of drug-likeness (QED) is 0.301. The highest BCUT2D eigenvalue weighted by Gasteiger charge is 2.22. The molecule has 0 fully saturated rings. The Hall–Kier alpha value is -4.34. The molecule has 0 atom stereocenters. The fourth-order valence-electron chi connectivity index (χ4n) is 3.42. The zero-order valence-corrected chi connectivity index (χ0v) is 16.8. The number of carbonyl (C=O) groups excluding carboxylic acids is 1. The maximum atomic E-state index is 13.5. The fourth-order valence-corrected chi connectivity index (χ4v) is 3.42. The van der Waals surface area contributed by atoms with Crippen LogP contribution >= 0.6 is 0 Å². The normalized spacial score (nSPS) is 10.8. The average Bonchev–Trinajstić information content (AvgIpc) is 3.14. The van der Waals surface area contributed by atoms with Crippen LogP contribution in [0.5, 0.6) is 0 Å². The highest BCUT2D eigenvalue weighted by Crippen LogP contribution is 2.27. The van der Waals surface area contributed by atoms with Crippen molar-refractivity contribution in [2.75, 3.05) is 17.7 Å². The van der Waals surface area contributed by atoms with Gasteiger partial charge in [-0.3, -0.25) is 20.0 Å². The lowest BCUT2D eigenvalue weighted by molar-refractivity contribution is -0.385. The maximum absolute atomic E-state index is 13.5. The minimum atomic E-state index is -0.689. The van der Waals surface area contributed by atoms with Crippen molar-refractivity contribution in [1.29, 1.82) is 0 Å². The summed E-state index contributed by atoms with van der Waals surface area (Å²) in [4.78, 5) is 23.5. The van der Waals surface area contributed by atoms with Crippen molar-refractivity contribution in [2.45, 2.75) is 6.42 Å². The molecule has 4 rings (SSSR count). The first-order chi connectivity index (χ1) is 15.3. The van der Waals surface area contributed by atoms with Crippen LogP contribution in [0.4, 0.5) is 26.0 Å². The first kappa shape index (κ1) is 20.9. The third-order valence-corrected chi connectivity index (χ3v) is 4.92. The lowest BCUT2D eigenvalue weighted by Gasteiger charge is -2.07. The van der Waals surface area contributed by atoms with Gasteiger partial charge in [0.1, 0.15) is 17.2 Å². The number of rotatable bonds is 6. The Labute approximate surface area is 180 Å². The van der Waals surface area contributed by atoms with E-state index in [9.17, 15) is 23.7 Å². The number of nitrogens with zero attached hydrogens (tertiary/aromatic N) is 2. The number of amides is 1. The zero-order valence-electron chi connectivity index (χ0n) is 16.8. The molecule has 32 heavy (non-hydrogen) atoms.